The zero-order valence-electron chi connectivity index (χ0n) is 25.6. The highest BCUT2D eigenvalue weighted by Gasteiger charge is 2.16. The Balaban J connectivity index is 3.60. The van der Waals surface area contributed by atoms with Gasteiger partial charge in [-0.2, -0.15) is 0 Å². The summed E-state index contributed by atoms with van der Waals surface area (Å²) in [4.78, 5) is 34.9. The highest BCUT2D eigenvalue weighted by molar-refractivity contribution is 5.87. The second kappa shape index (κ2) is 28.2. The van der Waals surface area contributed by atoms with Crippen molar-refractivity contribution in [2.75, 3.05) is 6.61 Å². The van der Waals surface area contributed by atoms with Crippen molar-refractivity contribution in [1.82, 2.24) is 0 Å². The maximum Gasteiger partial charge on any atom is 0.333 e. The van der Waals surface area contributed by atoms with E-state index in [4.69, 9.17) is 14.2 Å². The quantitative estimate of drug-likeness (QED) is 0.0391. The summed E-state index contributed by atoms with van der Waals surface area (Å²) in [6.45, 7) is 13.3. The van der Waals surface area contributed by atoms with Gasteiger partial charge in [0.25, 0.3) is 0 Å². The van der Waals surface area contributed by atoms with Crippen LogP contribution in [0.15, 0.2) is 37.5 Å². The summed E-state index contributed by atoms with van der Waals surface area (Å²) < 4.78 is 15.4. The zero-order chi connectivity index (χ0) is 29.7. The molecule has 0 rings (SSSR count). The van der Waals surface area contributed by atoms with Crippen LogP contribution in [0.2, 0.25) is 0 Å². The van der Waals surface area contributed by atoms with Gasteiger partial charge in [0, 0.05) is 24.1 Å². The molecule has 0 saturated heterocycles. The van der Waals surface area contributed by atoms with Crippen molar-refractivity contribution in [2.45, 2.75) is 154 Å². The van der Waals surface area contributed by atoms with E-state index in [0.717, 1.165) is 44.3 Å². The van der Waals surface area contributed by atoms with Gasteiger partial charge in [-0.15, -0.1) is 0 Å². The molecule has 0 spiro atoms. The molecule has 0 heterocycles. The summed E-state index contributed by atoms with van der Waals surface area (Å²) in [5, 5.41) is 0. The van der Waals surface area contributed by atoms with Crippen LogP contribution >= 0.6 is 0 Å². The Morgan fingerprint density at radius 3 is 1.45 bits per heavy atom. The van der Waals surface area contributed by atoms with Crippen molar-refractivity contribution in [3.63, 3.8) is 0 Å². The van der Waals surface area contributed by atoms with Crippen LogP contribution in [0.1, 0.15) is 148 Å². The number of hydrogen-bond donors (Lipinski definition) is 0. The Hall–Kier alpha value is -2.37. The minimum Gasteiger partial charge on any atom is -0.462 e. The molecule has 0 fully saturated rings. The predicted molar refractivity (Wildman–Crippen MR) is 164 cm³/mol. The van der Waals surface area contributed by atoms with Crippen molar-refractivity contribution >= 4 is 17.9 Å². The lowest BCUT2D eigenvalue weighted by atomic mass is 10.0. The lowest BCUT2D eigenvalue weighted by molar-refractivity contribution is -0.182. The lowest BCUT2D eigenvalue weighted by Gasteiger charge is -2.16. The molecule has 230 valence electrons. The monoisotopic (exact) mass is 562 g/mol. The molecular weight excluding hydrogens is 504 g/mol. The third-order valence-electron chi connectivity index (χ3n) is 7.02. The van der Waals surface area contributed by atoms with E-state index in [1.165, 1.54) is 89.9 Å². The van der Waals surface area contributed by atoms with E-state index in [9.17, 15) is 14.4 Å². The first kappa shape index (κ1) is 37.6. The SMILES string of the molecule is C=CC(=O)OC(CCCCCCC(=C)C(=O)OCCCCCCCCCCCCCCCCCC)OC(=O)C=C. The number of carbonyl (C=O) groups excluding carboxylic acids is 3. The fourth-order valence-electron chi connectivity index (χ4n) is 4.52. The Labute approximate surface area is 245 Å². The molecule has 0 aromatic rings. The van der Waals surface area contributed by atoms with Gasteiger partial charge in [-0.25, -0.2) is 14.4 Å². The number of rotatable bonds is 29. The van der Waals surface area contributed by atoms with Gasteiger partial charge in [-0.3, -0.25) is 0 Å². The molecular formula is C34H58O6. The summed E-state index contributed by atoms with van der Waals surface area (Å²) in [6, 6.07) is 0. The molecule has 0 saturated carbocycles. The van der Waals surface area contributed by atoms with E-state index >= 15 is 0 Å². The Kier molecular flexibility index (Phi) is 26.5. The molecule has 0 aliphatic rings. The number of unbranched alkanes of at least 4 members (excludes halogenated alkanes) is 18. The van der Waals surface area contributed by atoms with Gasteiger partial charge in [-0.05, 0) is 25.7 Å². The third kappa shape index (κ3) is 24.7. The van der Waals surface area contributed by atoms with Gasteiger partial charge in [0.05, 0.1) is 6.61 Å². The Morgan fingerprint density at radius 2 is 1.00 bits per heavy atom. The summed E-state index contributed by atoms with van der Waals surface area (Å²) in [7, 11) is 0. The highest BCUT2D eigenvalue weighted by atomic mass is 16.7. The fourth-order valence-corrected chi connectivity index (χ4v) is 4.52. The fraction of sp³-hybridized carbons (Fsp3) is 0.735. The maximum atomic E-state index is 12.1. The number of carbonyl (C=O) groups is 3. The first-order chi connectivity index (χ1) is 19.4. The van der Waals surface area contributed by atoms with Crippen LogP contribution in [-0.4, -0.2) is 30.8 Å². The van der Waals surface area contributed by atoms with Crippen LogP contribution in [0.4, 0.5) is 0 Å². The van der Waals surface area contributed by atoms with E-state index in [2.05, 4.69) is 26.7 Å². The van der Waals surface area contributed by atoms with E-state index in [-0.39, 0.29) is 5.97 Å². The van der Waals surface area contributed by atoms with Crippen molar-refractivity contribution in [3.05, 3.63) is 37.5 Å². The van der Waals surface area contributed by atoms with Gasteiger partial charge >= 0.3 is 17.9 Å². The van der Waals surface area contributed by atoms with Crippen LogP contribution in [-0.2, 0) is 28.6 Å². The minimum atomic E-state index is -0.953. The molecule has 0 amide bonds. The molecule has 0 N–H and O–H groups in total. The van der Waals surface area contributed by atoms with Gasteiger partial charge < -0.3 is 14.2 Å². The minimum absolute atomic E-state index is 0.298. The van der Waals surface area contributed by atoms with E-state index in [0.29, 0.717) is 31.4 Å². The Morgan fingerprint density at radius 1 is 0.600 bits per heavy atom. The molecule has 0 aliphatic carbocycles. The van der Waals surface area contributed by atoms with Crippen molar-refractivity contribution in [1.29, 1.82) is 0 Å². The van der Waals surface area contributed by atoms with Crippen molar-refractivity contribution in [3.8, 4) is 0 Å². The van der Waals surface area contributed by atoms with Crippen LogP contribution in [0.3, 0.4) is 0 Å². The topological polar surface area (TPSA) is 78.9 Å². The number of hydrogen-bond acceptors (Lipinski definition) is 6. The molecule has 6 heteroatoms. The normalized spacial score (nSPS) is 10.8. The van der Waals surface area contributed by atoms with Crippen molar-refractivity contribution in [2.24, 2.45) is 0 Å². The summed E-state index contributed by atoms with van der Waals surface area (Å²) >= 11 is 0. The van der Waals surface area contributed by atoms with Crippen molar-refractivity contribution < 1.29 is 28.6 Å². The first-order valence-corrected chi connectivity index (χ1v) is 16.0. The summed E-state index contributed by atoms with van der Waals surface area (Å²) in [5.41, 5.74) is 0.509. The molecule has 6 nitrogen and oxygen atoms in total. The smallest absolute Gasteiger partial charge is 0.333 e. The largest absolute Gasteiger partial charge is 0.462 e. The molecule has 0 bridgehead atoms. The zero-order valence-corrected chi connectivity index (χ0v) is 25.6. The van der Waals surface area contributed by atoms with Gasteiger partial charge in [0.1, 0.15) is 0 Å². The van der Waals surface area contributed by atoms with Crippen LogP contribution < -0.4 is 0 Å². The van der Waals surface area contributed by atoms with Crippen LogP contribution in [0.25, 0.3) is 0 Å². The number of esters is 3. The van der Waals surface area contributed by atoms with E-state index in [1.807, 2.05) is 0 Å². The van der Waals surface area contributed by atoms with E-state index < -0.39 is 18.2 Å². The van der Waals surface area contributed by atoms with Crippen LogP contribution in [0.5, 0.6) is 0 Å². The number of ether oxygens (including phenoxy) is 3. The molecule has 0 unspecified atom stereocenters. The summed E-state index contributed by atoms with van der Waals surface area (Å²) in [6.07, 6.45) is 26.4. The third-order valence-corrected chi connectivity index (χ3v) is 7.02. The molecule has 0 aromatic heterocycles. The second-order valence-electron chi connectivity index (χ2n) is 10.7. The average molecular weight is 563 g/mol. The lowest BCUT2D eigenvalue weighted by Crippen LogP contribution is -2.23. The van der Waals surface area contributed by atoms with E-state index in [1.54, 1.807) is 0 Å². The molecule has 40 heavy (non-hydrogen) atoms. The Bertz CT molecular complexity index is 677. The maximum absolute atomic E-state index is 12.1. The summed E-state index contributed by atoms with van der Waals surface area (Å²) in [5.74, 6) is -1.58. The van der Waals surface area contributed by atoms with Crippen LogP contribution in [0, 0.1) is 0 Å². The first-order valence-electron chi connectivity index (χ1n) is 16.0. The average Bonchev–Trinajstić information content (AvgIpc) is 2.95. The highest BCUT2D eigenvalue weighted by Crippen LogP contribution is 2.16. The van der Waals surface area contributed by atoms with Gasteiger partial charge in [0.2, 0.25) is 6.29 Å². The molecule has 0 radical (unpaired) electrons. The predicted octanol–water partition coefficient (Wildman–Crippen LogP) is 9.47. The standard InChI is InChI=1S/C34H58O6/c1-5-8-9-10-11-12-13-14-15-16-17-18-19-20-23-26-29-38-34(37)30(4)27-24-21-22-25-28-33(39-31(35)6-2)40-32(36)7-3/h6-7,33H,2-5,8-29H2,1H3. The van der Waals surface area contributed by atoms with Gasteiger partial charge in [-0.1, -0.05) is 136 Å². The molecule has 0 atom stereocenters. The molecule has 0 aliphatic heterocycles. The second-order valence-corrected chi connectivity index (χ2v) is 10.7. The van der Waals surface area contributed by atoms with Gasteiger partial charge in [0.15, 0.2) is 0 Å². The molecule has 0 aromatic carbocycles.